The number of nitrogens with one attached hydrogen (secondary N) is 1. The number of benzene rings is 1. The summed E-state index contributed by atoms with van der Waals surface area (Å²) in [6.45, 7) is 5.38. The number of aromatic nitrogens is 1. The third-order valence-electron chi connectivity index (χ3n) is 3.38. The predicted molar refractivity (Wildman–Crippen MR) is 78.8 cm³/mol. The van der Waals surface area contributed by atoms with Crippen LogP contribution >= 0.6 is 0 Å². The molecule has 0 fully saturated rings. The molecule has 1 heterocycles. The van der Waals surface area contributed by atoms with Crippen molar-refractivity contribution in [1.82, 2.24) is 4.98 Å². The van der Waals surface area contributed by atoms with Crippen molar-refractivity contribution in [1.29, 1.82) is 0 Å². The lowest BCUT2D eigenvalue weighted by molar-refractivity contribution is -0.386. The molecular weight excluding hydrogens is 273 g/mol. The topological polar surface area (TPSA) is 68.1 Å². The van der Waals surface area contributed by atoms with Gasteiger partial charge < -0.3 is 5.32 Å². The monoisotopic (exact) mass is 289 g/mol. The van der Waals surface area contributed by atoms with Gasteiger partial charge in [0.05, 0.1) is 22.7 Å². The molecule has 0 saturated carbocycles. The third-order valence-corrected chi connectivity index (χ3v) is 3.38. The molecule has 0 spiro atoms. The lowest BCUT2D eigenvalue weighted by Gasteiger charge is -2.10. The summed E-state index contributed by atoms with van der Waals surface area (Å²) in [4.78, 5) is 14.9. The third kappa shape index (κ3) is 3.16. The van der Waals surface area contributed by atoms with Crippen molar-refractivity contribution in [3.63, 3.8) is 0 Å². The van der Waals surface area contributed by atoms with Gasteiger partial charge in [-0.3, -0.25) is 15.1 Å². The molecule has 2 rings (SSSR count). The molecule has 21 heavy (non-hydrogen) atoms. The summed E-state index contributed by atoms with van der Waals surface area (Å²) >= 11 is 0. The fraction of sp³-hybridized carbons (Fsp3) is 0.267. The Morgan fingerprint density at radius 1 is 1.29 bits per heavy atom. The summed E-state index contributed by atoms with van der Waals surface area (Å²) in [7, 11) is 0. The summed E-state index contributed by atoms with van der Waals surface area (Å²) in [6.07, 6.45) is 1.50. The molecule has 110 valence electrons. The Labute approximate surface area is 122 Å². The average Bonchev–Trinajstić information content (AvgIpc) is 2.41. The molecule has 0 atom stereocenters. The van der Waals surface area contributed by atoms with Gasteiger partial charge in [-0.25, -0.2) is 4.39 Å². The van der Waals surface area contributed by atoms with E-state index in [0.717, 1.165) is 5.69 Å². The van der Waals surface area contributed by atoms with Crippen LogP contribution in [0.15, 0.2) is 24.4 Å². The molecule has 2 aromatic rings. The van der Waals surface area contributed by atoms with E-state index < -0.39 is 4.92 Å². The van der Waals surface area contributed by atoms with E-state index in [-0.39, 0.29) is 11.5 Å². The van der Waals surface area contributed by atoms with E-state index in [4.69, 9.17) is 0 Å². The molecule has 5 nitrogen and oxygen atoms in total. The second kappa shape index (κ2) is 5.87. The minimum atomic E-state index is -0.391. The molecule has 0 aliphatic heterocycles. The Kier molecular flexibility index (Phi) is 4.16. The zero-order valence-electron chi connectivity index (χ0n) is 12.1. The SMILES string of the molecule is Cc1cc(NCc2ncc(C)c([N+](=O)[O-])c2C)ccc1F. The number of hydrogen-bond acceptors (Lipinski definition) is 4. The van der Waals surface area contributed by atoms with Gasteiger partial charge >= 0.3 is 0 Å². The second-order valence-electron chi connectivity index (χ2n) is 4.94. The van der Waals surface area contributed by atoms with E-state index in [2.05, 4.69) is 10.3 Å². The first-order valence-electron chi connectivity index (χ1n) is 6.49. The van der Waals surface area contributed by atoms with Crippen LogP contribution < -0.4 is 5.32 Å². The van der Waals surface area contributed by atoms with Gasteiger partial charge in [0, 0.05) is 17.4 Å². The highest BCUT2D eigenvalue weighted by Gasteiger charge is 2.18. The Balaban J connectivity index is 2.22. The molecule has 0 bridgehead atoms. The van der Waals surface area contributed by atoms with Gasteiger partial charge in [-0.05, 0) is 44.5 Å². The van der Waals surface area contributed by atoms with Crippen molar-refractivity contribution < 1.29 is 9.31 Å². The molecule has 1 N–H and O–H groups in total. The van der Waals surface area contributed by atoms with Crippen LogP contribution in [0, 0.1) is 36.7 Å². The Morgan fingerprint density at radius 2 is 2.00 bits per heavy atom. The summed E-state index contributed by atoms with van der Waals surface area (Å²) in [5, 5.41) is 14.2. The largest absolute Gasteiger partial charge is 0.379 e. The number of anilines is 1. The maximum absolute atomic E-state index is 13.2. The first kappa shape index (κ1) is 14.9. The van der Waals surface area contributed by atoms with Gasteiger partial charge in [0.25, 0.3) is 5.69 Å². The first-order valence-corrected chi connectivity index (χ1v) is 6.49. The molecule has 0 aliphatic rings. The number of nitro groups is 1. The summed E-state index contributed by atoms with van der Waals surface area (Å²) in [5.74, 6) is -0.263. The maximum atomic E-state index is 13.2. The van der Waals surface area contributed by atoms with Crippen LogP contribution in [0.2, 0.25) is 0 Å². The smallest absolute Gasteiger partial charge is 0.278 e. The van der Waals surface area contributed by atoms with Crippen molar-refractivity contribution in [2.24, 2.45) is 0 Å². The van der Waals surface area contributed by atoms with Gasteiger partial charge in [0.2, 0.25) is 0 Å². The minimum absolute atomic E-state index is 0.0945. The lowest BCUT2D eigenvalue weighted by Crippen LogP contribution is -2.07. The first-order chi connectivity index (χ1) is 9.90. The van der Waals surface area contributed by atoms with Crippen LogP contribution in [0.4, 0.5) is 15.8 Å². The van der Waals surface area contributed by atoms with Crippen LogP contribution in [-0.2, 0) is 6.54 Å². The highest BCUT2D eigenvalue weighted by Crippen LogP contribution is 2.24. The quantitative estimate of drug-likeness (QED) is 0.689. The Morgan fingerprint density at radius 3 is 2.62 bits per heavy atom. The van der Waals surface area contributed by atoms with Crippen molar-refractivity contribution in [3.8, 4) is 0 Å². The summed E-state index contributed by atoms with van der Waals surface area (Å²) < 4.78 is 13.2. The van der Waals surface area contributed by atoms with Gasteiger partial charge in [-0.1, -0.05) is 0 Å². The zero-order chi connectivity index (χ0) is 15.6. The van der Waals surface area contributed by atoms with E-state index in [0.29, 0.717) is 28.9 Å². The molecule has 0 unspecified atom stereocenters. The minimum Gasteiger partial charge on any atom is -0.379 e. The number of halogens is 1. The molecule has 1 aromatic heterocycles. The Bertz CT molecular complexity index is 702. The Hall–Kier alpha value is -2.50. The molecule has 6 heteroatoms. The van der Waals surface area contributed by atoms with Gasteiger partial charge in [-0.2, -0.15) is 0 Å². The molecule has 0 aliphatic carbocycles. The number of rotatable bonds is 4. The summed E-state index contributed by atoms with van der Waals surface area (Å²) in [5.41, 5.74) is 3.08. The molecule has 0 saturated heterocycles. The van der Waals surface area contributed by atoms with Crippen LogP contribution in [0.1, 0.15) is 22.4 Å². The standard InChI is InChI=1S/C15H16FN3O2/c1-9-6-12(4-5-13(9)16)17-8-14-11(3)15(19(20)21)10(2)7-18-14/h4-7,17H,8H2,1-3H3. The van der Waals surface area contributed by atoms with Crippen LogP contribution in [-0.4, -0.2) is 9.91 Å². The maximum Gasteiger partial charge on any atom is 0.278 e. The molecule has 1 aromatic carbocycles. The highest BCUT2D eigenvalue weighted by molar-refractivity contribution is 5.50. The fourth-order valence-corrected chi connectivity index (χ4v) is 2.16. The number of aryl methyl sites for hydroxylation is 2. The number of pyridine rings is 1. The number of nitrogens with zero attached hydrogens (tertiary/aromatic N) is 2. The van der Waals surface area contributed by atoms with Crippen molar-refractivity contribution >= 4 is 11.4 Å². The highest BCUT2D eigenvalue weighted by atomic mass is 19.1. The van der Waals surface area contributed by atoms with E-state index in [1.54, 1.807) is 32.9 Å². The molecular formula is C15H16FN3O2. The van der Waals surface area contributed by atoms with Crippen LogP contribution in [0.5, 0.6) is 0 Å². The van der Waals surface area contributed by atoms with Gasteiger partial charge in [0.1, 0.15) is 5.82 Å². The lowest BCUT2D eigenvalue weighted by atomic mass is 10.1. The van der Waals surface area contributed by atoms with E-state index in [1.165, 1.54) is 12.3 Å². The van der Waals surface area contributed by atoms with Crippen molar-refractivity contribution in [3.05, 3.63) is 62.7 Å². The normalized spacial score (nSPS) is 10.5. The van der Waals surface area contributed by atoms with Gasteiger partial charge in [-0.15, -0.1) is 0 Å². The molecule has 0 amide bonds. The van der Waals surface area contributed by atoms with Crippen molar-refractivity contribution in [2.75, 3.05) is 5.32 Å². The van der Waals surface area contributed by atoms with E-state index >= 15 is 0 Å². The van der Waals surface area contributed by atoms with E-state index in [9.17, 15) is 14.5 Å². The zero-order valence-corrected chi connectivity index (χ0v) is 12.1. The van der Waals surface area contributed by atoms with Crippen LogP contribution in [0.3, 0.4) is 0 Å². The second-order valence-corrected chi connectivity index (χ2v) is 4.94. The average molecular weight is 289 g/mol. The van der Waals surface area contributed by atoms with Gasteiger partial charge in [0.15, 0.2) is 0 Å². The summed E-state index contributed by atoms with van der Waals surface area (Å²) in [6, 6.07) is 4.70. The van der Waals surface area contributed by atoms with Crippen molar-refractivity contribution in [2.45, 2.75) is 27.3 Å². The van der Waals surface area contributed by atoms with E-state index in [1.807, 2.05) is 0 Å². The van der Waals surface area contributed by atoms with Crippen LogP contribution in [0.25, 0.3) is 0 Å². The fourth-order valence-electron chi connectivity index (χ4n) is 2.16. The number of hydrogen-bond donors (Lipinski definition) is 1. The molecule has 0 radical (unpaired) electrons. The predicted octanol–water partition coefficient (Wildman–Crippen LogP) is 3.67.